The summed E-state index contributed by atoms with van der Waals surface area (Å²) in [7, 11) is 0. The maximum Gasteiger partial charge on any atom is 0.311 e. The number of benzene rings is 1. The number of aliphatic hydroxyl groups is 1. The van der Waals surface area contributed by atoms with Gasteiger partial charge < -0.3 is 9.84 Å². The summed E-state index contributed by atoms with van der Waals surface area (Å²) in [5, 5.41) is 10.5. The van der Waals surface area contributed by atoms with Gasteiger partial charge >= 0.3 is 5.97 Å². The summed E-state index contributed by atoms with van der Waals surface area (Å²) in [4.78, 5) is 11.9. The van der Waals surface area contributed by atoms with E-state index in [2.05, 4.69) is 0 Å². The molecule has 19 heavy (non-hydrogen) atoms. The zero-order chi connectivity index (χ0) is 14.3. The molecular weight excluding hydrogens is 240 g/mol. The van der Waals surface area contributed by atoms with E-state index in [1.807, 2.05) is 44.2 Å². The van der Waals surface area contributed by atoms with Crippen molar-refractivity contribution in [3.63, 3.8) is 0 Å². The Balaban J connectivity index is 2.81. The van der Waals surface area contributed by atoms with Crippen molar-refractivity contribution >= 4 is 5.97 Å². The molecular formula is C16H24O3. The van der Waals surface area contributed by atoms with E-state index >= 15 is 0 Å². The molecule has 0 aliphatic heterocycles. The van der Waals surface area contributed by atoms with Crippen molar-refractivity contribution in [1.82, 2.24) is 0 Å². The van der Waals surface area contributed by atoms with Gasteiger partial charge in [0, 0.05) is 5.92 Å². The second-order valence-electron chi connectivity index (χ2n) is 4.84. The van der Waals surface area contributed by atoms with Gasteiger partial charge in [-0.05, 0) is 18.9 Å². The van der Waals surface area contributed by atoms with Crippen LogP contribution in [0.2, 0.25) is 0 Å². The minimum Gasteiger partial charge on any atom is -0.466 e. The van der Waals surface area contributed by atoms with Crippen LogP contribution in [0.25, 0.3) is 0 Å². The van der Waals surface area contributed by atoms with Gasteiger partial charge in [-0.25, -0.2) is 0 Å². The lowest BCUT2D eigenvalue weighted by Gasteiger charge is -2.26. The monoisotopic (exact) mass is 264 g/mol. The molecule has 0 saturated carbocycles. The lowest BCUT2D eigenvalue weighted by atomic mass is 9.85. The van der Waals surface area contributed by atoms with Crippen molar-refractivity contribution in [1.29, 1.82) is 0 Å². The average molecular weight is 264 g/mol. The van der Waals surface area contributed by atoms with Crippen molar-refractivity contribution in [3.8, 4) is 0 Å². The highest BCUT2D eigenvalue weighted by molar-refractivity contribution is 5.73. The van der Waals surface area contributed by atoms with E-state index in [0.29, 0.717) is 13.0 Å². The first-order valence-electron chi connectivity index (χ1n) is 7.01. The molecule has 0 saturated heterocycles. The Morgan fingerprint density at radius 1 is 1.26 bits per heavy atom. The number of esters is 1. The Morgan fingerprint density at radius 2 is 1.89 bits per heavy atom. The fourth-order valence-electron chi connectivity index (χ4n) is 2.29. The van der Waals surface area contributed by atoms with E-state index in [1.54, 1.807) is 6.92 Å². The van der Waals surface area contributed by atoms with Crippen molar-refractivity contribution in [2.75, 3.05) is 6.61 Å². The maximum atomic E-state index is 11.9. The summed E-state index contributed by atoms with van der Waals surface area (Å²) >= 11 is 0. The Kier molecular flexibility index (Phi) is 6.57. The standard InChI is InChI=1S/C16H24O3/c1-4-9-14(16(18)19-5-2)15(17)12(3)13-10-7-6-8-11-13/h6-8,10-12,14-15,17H,4-5,9H2,1-3H3. The lowest BCUT2D eigenvalue weighted by Crippen LogP contribution is -2.33. The van der Waals surface area contributed by atoms with Crippen LogP contribution >= 0.6 is 0 Å². The molecule has 0 aliphatic rings. The fraction of sp³-hybridized carbons (Fsp3) is 0.562. The van der Waals surface area contributed by atoms with E-state index in [0.717, 1.165) is 12.0 Å². The van der Waals surface area contributed by atoms with Gasteiger partial charge in [0.2, 0.25) is 0 Å². The minimum atomic E-state index is -0.707. The van der Waals surface area contributed by atoms with Crippen molar-refractivity contribution in [2.45, 2.75) is 45.6 Å². The number of carbonyl (C=O) groups excluding carboxylic acids is 1. The van der Waals surface area contributed by atoms with E-state index in [-0.39, 0.29) is 11.9 Å². The average Bonchev–Trinajstić information content (AvgIpc) is 2.44. The van der Waals surface area contributed by atoms with Crippen molar-refractivity contribution < 1.29 is 14.6 Å². The van der Waals surface area contributed by atoms with Crippen LogP contribution in [0.4, 0.5) is 0 Å². The number of hydrogen-bond acceptors (Lipinski definition) is 3. The topological polar surface area (TPSA) is 46.5 Å². The molecule has 0 amide bonds. The Bertz CT molecular complexity index is 375. The molecule has 0 aromatic heterocycles. The summed E-state index contributed by atoms with van der Waals surface area (Å²) in [6, 6.07) is 9.77. The molecule has 3 nitrogen and oxygen atoms in total. The summed E-state index contributed by atoms with van der Waals surface area (Å²) in [5.41, 5.74) is 1.04. The fourth-order valence-corrected chi connectivity index (χ4v) is 2.29. The summed E-state index contributed by atoms with van der Waals surface area (Å²) in [6.45, 7) is 6.09. The molecule has 0 heterocycles. The zero-order valence-electron chi connectivity index (χ0n) is 12.0. The first kappa shape index (κ1) is 15.7. The minimum absolute atomic E-state index is 0.0813. The van der Waals surface area contributed by atoms with Gasteiger partial charge in [0.25, 0.3) is 0 Å². The molecule has 106 valence electrons. The highest BCUT2D eigenvalue weighted by Gasteiger charge is 2.31. The van der Waals surface area contributed by atoms with E-state index < -0.39 is 12.0 Å². The number of carbonyl (C=O) groups is 1. The Labute approximate surface area is 115 Å². The van der Waals surface area contributed by atoms with E-state index in [4.69, 9.17) is 4.74 Å². The third kappa shape index (κ3) is 4.35. The molecule has 0 fully saturated rings. The van der Waals surface area contributed by atoms with Gasteiger partial charge in [-0.1, -0.05) is 50.6 Å². The quantitative estimate of drug-likeness (QED) is 0.770. The van der Waals surface area contributed by atoms with Crippen LogP contribution in [-0.4, -0.2) is 23.8 Å². The largest absolute Gasteiger partial charge is 0.466 e. The normalized spacial score (nSPS) is 15.6. The first-order valence-corrected chi connectivity index (χ1v) is 7.01. The molecule has 3 atom stereocenters. The molecule has 0 spiro atoms. The van der Waals surface area contributed by atoms with Crippen LogP contribution in [-0.2, 0) is 9.53 Å². The zero-order valence-corrected chi connectivity index (χ0v) is 12.0. The number of ether oxygens (including phenoxy) is 1. The van der Waals surface area contributed by atoms with Crippen molar-refractivity contribution in [3.05, 3.63) is 35.9 Å². The molecule has 1 aromatic carbocycles. The predicted molar refractivity (Wildman–Crippen MR) is 75.9 cm³/mol. The Hall–Kier alpha value is -1.35. The summed E-state index contributed by atoms with van der Waals surface area (Å²) in [6.07, 6.45) is 0.792. The predicted octanol–water partition coefficient (Wildman–Crippen LogP) is 3.13. The third-order valence-corrected chi connectivity index (χ3v) is 3.44. The number of aliphatic hydroxyl groups excluding tert-OH is 1. The highest BCUT2D eigenvalue weighted by Crippen LogP contribution is 2.27. The molecule has 0 bridgehead atoms. The molecule has 1 rings (SSSR count). The molecule has 0 aliphatic carbocycles. The van der Waals surface area contributed by atoms with Crippen LogP contribution in [0.15, 0.2) is 30.3 Å². The summed E-state index contributed by atoms with van der Waals surface area (Å²) in [5.74, 6) is -0.818. The van der Waals surface area contributed by atoms with Gasteiger partial charge in [0.05, 0.1) is 18.6 Å². The van der Waals surface area contributed by atoms with Crippen molar-refractivity contribution in [2.24, 2.45) is 5.92 Å². The lowest BCUT2D eigenvalue weighted by molar-refractivity contribution is -0.153. The highest BCUT2D eigenvalue weighted by atomic mass is 16.5. The molecule has 3 unspecified atom stereocenters. The third-order valence-electron chi connectivity index (χ3n) is 3.44. The SMILES string of the molecule is CCCC(C(=O)OCC)C(O)C(C)c1ccccc1. The molecule has 1 N–H and O–H groups in total. The second-order valence-corrected chi connectivity index (χ2v) is 4.84. The van der Waals surface area contributed by atoms with Crippen LogP contribution in [0.3, 0.4) is 0 Å². The molecule has 0 radical (unpaired) electrons. The first-order chi connectivity index (χ1) is 9.11. The van der Waals surface area contributed by atoms with Gasteiger partial charge in [-0.2, -0.15) is 0 Å². The number of rotatable bonds is 7. The summed E-state index contributed by atoms with van der Waals surface area (Å²) < 4.78 is 5.06. The van der Waals surface area contributed by atoms with Crippen LogP contribution in [0.5, 0.6) is 0 Å². The molecule has 3 heteroatoms. The number of hydrogen-bond donors (Lipinski definition) is 1. The van der Waals surface area contributed by atoms with Crippen LogP contribution in [0.1, 0.15) is 45.1 Å². The maximum absolute atomic E-state index is 11.9. The van der Waals surface area contributed by atoms with E-state index in [9.17, 15) is 9.90 Å². The van der Waals surface area contributed by atoms with Crippen LogP contribution < -0.4 is 0 Å². The van der Waals surface area contributed by atoms with Gasteiger partial charge in [0.1, 0.15) is 0 Å². The van der Waals surface area contributed by atoms with Crippen LogP contribution in [0, 0.1) is 5.92 Å². The smallest absolute Gasteiger partial charge is 0.311 e. The van der Waals surface area contributed by atoms with Gasteiger partial charge in [0.15, 0.2) is 0 Å². The Morgan fingerprint density at radius 3 is 2.42 bits per heavy atom. The van der Waals surface area contributed by atoms with Gasteiger partial charge in [-0.3, -0.25) is 4.79 Å². The molecule has 1 aromatic rings. The second kappa shape index (κ2) is 7.95. The van der Waals surface area contributed by atoms with Gasteiger partial charge in [-0.15, -0.1) is 0 Å². The van der Waals surface area contributed by atoms with E-state index in [1.165, 1.54) is 0 Å².